The average Bonchev–Trinajstić information content (AvgIpc) is 3.15. The maximum atomic E-state index is 13.2. The number of halogens is 1. The van der Waals surface area contributed by atoms with Crippen LogP contribution in [0.1, 0.15) is 26.5 Å². The van der Waals surface area contributed by atoms with E-state index >= 15 is 0 Å². The van der Waals surface area contributed by atoms with Crippen molar-refractivity contribution in [1.82, 2.24) is 9.80 Å². The molecule has 0 radical (unpaired) electrons. The van der Waals surface area contributed by atoms with Crippen molar-refractivity contribution in [3.8, 4) is 0 Å². The number of aryl methyl sites for hydroxylation is 1. The Kier molecular flexibility index (Phi) is 4.91. The van der Waals surface area contributed by atoms with Crippen molar-refractivity contribution in [2.45, 2.75) is 6.92 Å². The highest BCUT2D eigenvalue weighted by Crippen LogP contribution is 2.32. The third kappa shape index (κ3) is 3.45. The molecule has 156 valence electrons. The van der Waals surface area contributed by atoms with Crippen LogP contribution in [0.15, 0.2) is 65.1 Å². The van der Waals surface area contributed by atoms with Gasteiger partial charge >= 0.3 is 0 Å². The summed E-state index contributed by atoms with van der Waals surface area (Å²) in [6.07, 6.45) is 0. The molecule has 0 aliphatic carbocycles. The van der Waals surface area contributed by atoms with Gasteiger partial charge in [0.05, 0.1) is 0 Å². The normalized spacial score (nSPS) is 14.4. The first-order valence-electron chi connectivity index (χ1n) is 10.3. The molecule has 0 N–H and O–H groups in total. The molecule has 0 unspecified atom stereocenters. The number of carbonyl (C=O) groups is 2. The zero-order valence-electron chi connectivity index (χ0n) is 17.1. The van der Waals surface area contributed by atoms with Gasteiger partial charge in [-0.15, -0.1) is 0 Å². The minimum absolute atomic E-state index is 0.0685. The number of benzene rings is 3. The molecule has 5 rings (SSSR count). The maximum absolute atomic E-state index is 13.2. The summed E-state index contributed by atoms with van der Waals surface area (Å²) in [4.78, 5) is 29.5. The average molecular weight is 433 g/mol. The molecule has 0 atom stereocenters. The van der Waals surface area contributed by atoms with Crippen LogP contribution in [0.25, 0.3) is 21.7 Å². The topological polar surface area (TPSA) is 53.8 Å². The third-order valence-electron chi connectivity index (χ3n) is 5.95. The minimum Gasteiger partial charge on any atom is -0.450 e. The monoisotopic (exact) mass is 432 g/mol. The Morgan fingerprint density at radius 1 is 0.839 bits per heavy atom. The fourth-order valence-corrected chi connectivity index (χ4v) is 4.40. The van der Waals surface area contributed by atoms with Crippen molar-refractivity contribution in [2.75, 3.05) is 26.2 Å². The number of furan rings is 1. The van der Waals surface area contributed by atoms with Gasteiger partial charge in [-0.3, -0.25) is 9.59 Å². The molecule has 31 heavy (non-hydrogen) atoms. The van der Waals surface area contributed by atoms with Crippen molar-refractivity contribution < 1.29 is 14.0 Å². The van der Waals surface area contributed by atoms with Crippen molar-refractivity contribution in [3.05, 3.63) is 82.6 Å². The summed E-state index contributed by atoms with van der Waals surface area (Å²) >= 11 is 6.01. The van der Waals surface area contributed by atoms with Crippen molar-refractivity contribution in [1.29, 1.82) is 0 Å². The van der Waals surface area contributed by atoms with Crippen LogP contribution in [0.4, 0.5) is 0 Å². The fourth-order valence-electron chi connectivity index (χ4n) is 4.21. The van der Waals surface area contributed by atoms with Crippen molar-refractivity contribution in [3.63, 3.8) is 0 Å². The van der Waals surface area contributed by atoms with Gasteiger partial charge in [0.1, 0.15) is 5.58 Å². The van der Waals surface area contributed by atoms with Crippen LogP contribution in [0.2, 0.25) is 5.02 Å². The van der Waals surface area contributed by atoms with Crippen LogP contribution < -0.4 is 0 Å². The van der Waals surface area contributed by atoms with Crippen molar-refractivity contribution >= 4 is 45.2 Å². The van der Waals surface area contributed by atoms with Crippen LogP contribution in [-0.4, -0.2) is 47.8 Å². The van der Waals surface area contributed by atoms with Crippen LogP contribution in [-0.2, 0) is 0 Å². The van der Waals surface area contributed by atoms with E-state index < -0.39 is 0 Å². The summed E-state index contributed by atoms with van der Waals surface area (Å²) in [5.74, 6) is 0.176. The first-order valence-corrected chi connectivity index (χ1v) is 10.7. The molecule has 2 amide bonds. The zero-order chi connectivity index (χ0) is 21.5. The molecule has 4 aromatic rings. The van der Waals surface area contributed by atoms with E-state index in [2.05, 4.69) is 6.07 Å². The van der Waals surface area contributed by atoms with Crippen LogP contribution in [0, 0.1) is 6.92 Å². The number of rotatable bonds is 2. The van der Waals surface area contributed by atoms with Gasteiger partial charge in [-0.1, -0.05) is 54.1 Å². The lowest BCUT2D eigenvalue weighted by Gasteiger charge is -2.34. The summed E-state index contributed by atoms with van der Waals surface area (Å²) in [6, 6.07) is 19.0. The Labute approximate surface area is 184 Å². The van der Waals surface area contributed by atoms with Gasteiger partial charge in [0.25, 0.3) is 11.8 Å². The van der Waals surface area contributed by atoms with E-state index in [0.29, 0.717) is 42.5 Å². The predicted octanol–water partition coefficient (Wildman–Crippen LogP) is 5.15. The van der Waals surface area contributed by atoms with E-state index in [1.54, 1.807) is 34.1 Å². The Balaban J connectivity index is 1.36. The van der Waals surface area contributed by atoms with E-state index in [0.717, 1.165) is 27.3 Å². The molecular weight excluding hydrogens is 412 g/mol. The minimum atomic E-state index is -0.132. The van der Waals surface area contributed by atoms with E-state index in [9.17, 15) is 9.59 Å². The third-order valence-corrected chi connectivity index (χ3v) is 6.18. The summed E-state index contributed by atoms with van der Waals surface area (Å²) in [5, 5.41) is 3.57. The van der Waals surface area contributed by atoms with Crippen LogP contribution >= 0.6 is 11.6 Å². The summed E-state index contributed by atoms with van der Waals surface area (Å²) in [7, 11) is 0. The van der Waals surface area contributed by atoms with E-state index in [4.69, 9.17) is 16.0 Å². The van der Waals surface area contributed by atoms with Gasteiger partial charge in [-0.05, 0) is 30.5 Å². The molecule has 1 aliphatic rings. The number of nitrogens with zero attached hydrogens (tertiary/aromatic N) is 2. The second kappa shape index (κ2) is 7.75. The smallest absolute Gasteiger partial charge is 0.290 e. The SMILES string of the molecule is Cc1c(C(=O)N2CCN(C(=O)c3cccc(Cl)c3)CC2)oc2c1ccc1ccccc12. The fraction of sp³-hybridized carbons (Fsp3) is 0.200. The second-order valence-corrected chi connectivity index (χ2v) is 8.25. The number of amides is 2. The lowest BCUT2D eigenvalue weighted by molar-refractivity contribution is 0.0519. The quantitative estimate of drug-likeness (QED) is 0.440. The maximum Gasteiger partial charge on any atom is 0.290 e. The highest BCUT2D eigenvalue weighted by molar-refractivity contribution is 6.31. The lowest BCUT2D eigenvalue weighted by Crippen LogP contribution is -2.50. The highest BCUT2D eigenvalue weighted by atomic mass is 35.5. The largest absolute Gasteiger partial charge is 0.450 e. The van der Waals surface area contributed by atoms with Crippen molar-refractivity contribution in [2.24, 2.45) is 0 Å². The number of piperazine rings is 1. The van der Waals surface area contributed by atoms with Gasteiger partial charge in [0.15, 0.2) is 5.76 Å². The number of hydrogen-bond acceptors (Lipinski definition) is 3. The van der Waals surface area contributed by atoms with Gasteiger partial charge in [-0.25, -0.2) is 0 Å². The van der Waals surface area contributed by atoms with Crippen LogP contribution in [0.5, 0.6) is 0 Å². The number of hydrogen-bond donors (Lipinski definition) is 0. The predicted molar refractivity (Wildman–Crippen MR) is 122 cm³/mol. The molecular formula is C25H21ClN2O3. The lowest BCUT2D eigenvalue weighted by atomic mass is 10.1. The Morgan fingerprint density at radius 3 is 2.29 bits per heavy atom. The molecule has 0 spiro atoms. The highest BCUT2D eigenvalue weighted by Gasteiger charge is 2.29. The van der Waals surface area contributed by atoms with Crippen LogP contribution in [0.3, 0.4) is 0 Å². The van der Waals surface area contributed by atoms with E-state index in [1.165, 1.54) is 0 Å². The van der Waals surface area contributed by atoms with Gasteiger partial charge in [0.2, 0.25) is 0 Å². The standard InChI is InChI=1S/C25H21ClN2O3/c1-16-20-10-9-17-5-2-3-8-21(17)23(20)31-22(16)25(30)28-13-11-27(12-14-28)24(29)18-6-4-7-19(26)15-18/h2-10,15H,11-14H2,1H3. The number of fused-ring (bicyclic) bond motifs is 3. The Bertz CT molecular complexity index is 1320. The Morgan fingerprint density at radius 2 is 1.55 bits per heavy atom. The molecule has 6 heteroatoms. The number of carbonyl (C=O) groups excluding carboxylic acids is 2. The molecule has 0 saturated carbocycles. The molecule has 2 heterocycles. The molecule has 1 aromatic heterocycles. The van der Waals surface area contributed by atoms with Gasteiger partial charge in [-0.2, -0.15) is 0 Å². The summed E-state index contributed by atoms with van der Waals surface area (Å²) in [5.41, 5.74) is 2.16. The zero-order valence-corrected chi connectivity index (χ0v) is 17.9. The first-order chi connectivity index (χ1) is 15.0. The summed E-state index contributed by atoms with van der Waals surface area (Å²) < 4.78 is 6.10. The van der Waals surface area contributed by atoms with E-state index in [-0.39, 0.29) is 11.8 Å². The molecule has 0 bridgehead atoms. The molecule has 1 saturated heterocycles. The molecule has 1 aliphatic heterocycles. The summed E-state index contributed by atoms with van der Waals surface area (Å²) in [6.45, 7) is 3.79. The first kappa shape index (κ1) is 19.6. The van der Waals surface area contributed by atoms with E-state index in [1.807, 2.05) is 37.3 Å². The molecule has 5 nitrogen and oxygen atoms in total. The van der Waals surface area contributed by atoms with Gasteiger partial charge in [0, 0.05) is 53.1 Å². The van der Waals surface area contributed by atoms with Gasteiger partial charge < -0.3 is 14.2 Å². The second-order valence-electron chi connectivity index (χ2n) is 7.81. The molecule has 1 fully saturated rings. The molecule has 3 aromatic carbocycles. The Hall–Kier alpha value is -3.31.